The van der Waals surface area contributed by atoms with Crippen LogP contribution < -0.4 is 10.6 Å². The number of nitrogens with one attached hydrogen (secondary N) is 2. The van der Waals surface area contributed by atoms with Crippen LogP contribution in [0.25, 0.3) is 0 Å². The van der Waals surface area contributed by atoms with E-state index in [1.165, 1.54) is 0 Å². The third kappa shape index (κ3) is 3.56. The molecule has 1 aromatic heterocycles. The average molecular weight is 236 g/mol. The molecule has 2 rings (SSSR count). The van der Waals surface area contributed by atoms with Crippen molar-refractivity contribution in [3.8, 4) is 0 Å². The van der Waals surface area contributed by atoms with Crippen molar-refractivity contribution in [3.63, 3.8) is 0 Å². The first kappa shape index (κ1) is 12.1. The molecule has 1 saturated heterocycles. The lowest BCUT2D eigenvalue weighted by molar-refractivity contribution is -0.124. The number of imidazole rings is 1. The van der Waals surface area contributed by atoms with Crippen molar-refractivity contribution in [2.24, 2.45) is 11.8 Å². The number of carbonyl (C=O) groups excluding carboxylic acids is 1. The Kier molecular flexibility index (Phi) is 4.14. The second-order valence-electron chi connectivity index (χ2n) is 4.80. The van der Waals surface area contributed by atoms with Gasteiger partial charge in [0.25, 0.3) is 0 Å². The van der Waals surface area contributed by atoms with E-state index >= 15 is 0 Å². The molecule has 1 fully saturated rings. The molecule has 0 bridgehead atoms. The van der Waals surface area contributed by atoms with Gasteiger partial charge in [-0.3, -0.25) is 4.79 Å². The van der Waals surface area contributed by atoms with Gasteiger partial charge < -0.3 is 15.2 Å². The van der Waals surface area contributed by atoms with Gasteiger partial charge in [-0.15, -0.1) is 0 Å². The average Bonchev–Trinajstić information content (AvgIpc) is 2.97. The molecule has 5 nitrogen and oxygen atoms in total. The van der Waals surface area contributed by atoms with E-state index in [4.69, 9.17) is 0 Å². The van der Waals surface area contributed by atoms with Crippen molar-refractivity contribution in [3.05, 3.63) is 18.7 Å². The molecule has 17 heavy (non-hydrogen) atoms. The summed E-state index contributed by atoms with van der Waals surface area (Å²) in [5.41, 5.74) is 0. The zero-order valence-electron chi connectivity index (χ0n) is 10.2. The Labute approximate surface area is 102 Å². The molecule has 94 valence electrons. The molecule has 1 aliphatic heterocycles. The van der Waals surface area contributed by atoms with Gasteiger partial charge in [-0.05, 0) is 18.9 Å². The predicted molar refractivity (Wildman–Crippen MR) is 65.4 cm³/mol. The lowest BCUT2D eigenvalue weighted by atomic mass is 10.1. The van der Waals surface area contributed by atoms with Gasteiger partial charge in [-0.2, -0.15) is 0 Å². The van der Waals surface area contributed by atoms with Crippen molar-refractivity contribution < 1.29 is 4.79 Å². The number of rotatable bonds is 5. The first-order valence-corrected chi connectivity index (χ1v) is 6.20. The minimum Gasteiger partial charge on any atom is -0.355 e. The second-order valence-corrected chi connectivity index (χ2v) is 4.80. The molecule has 1 aromatic rings. The van der Waals surface area contributed by atoms with E-state index in [0.29, 0.717) is 5.92 Å². The fourth-order valence-corrected chi connectivity index (χ4v) is 2.12. The third-order valence-corrected chi connectivity index (χ3v) is 3.14. The highest BCUT2D eigenvalue weighted by Gasteiger charge is 2.22. The predicted octanol–water partition coefficient (Wildman–Crippen LogP) is 0.245. The summed E-state index contributed by atoms with van der Waals surface area (Å²) < 4.78 is 2.04. The molecule has 0 spiro atoms. The SMILES string of the molecule is CC(CNC(=O)C1CCNC1)Cn1ccnc1. The van der Waals surface area contributed by atoms with Crippen LogP contribution in [0.15, 0.2) is 18.7 Å². The monoisotopic (exact) mass is 236 g/mol. The van der Waals surface area contributed by atoms with Crippen molar-refractivity contribution in [2.45, 2.75) is 19.9 Å². The maximum atomic E-state index is 11.8. The van der Waals surface area contributed by atoms with Crippen LogP contribution in [0.1, 0.15) is 13.3 Å². The maximum Gasteiger partial charge on any atom is 0.224 e. The van der Waals surface area contributed by atoms with E-state index in [1.54, 1.807) is 12.5 Å². The number of hydrogen-bond acceptors (Lipinski definition) is 3. The summed E-state index contributed by atoms with van der Waals surface area (Å²) in [6.45, 7) is 5.54. The van der Waals surface area contributed by atoms with E-state index in [9.17, 15) is 4.79 Å². The van der Waals surface area contributed by atoms with Crippen molar-refractivity contribution in [1.29, 1.82) is 0 Å². The van der Waals surface area contributed by atoms with Crippen LogP contribution in [-0.2, 0) is 11.3 Å². The van der Waals surface area contributed by atoms with Crippen LogP contribution in [0.3, 0.4) is 0 Å². The minimum atomic E-state index is 0.162. The third-order valence-electron chi connectivity index (χ3n) is 3.14. The highest BCUT2D eigenvalue weighted by Crippen LogP contribution is 2.07. The topological polar surface area (TPSA) is 59.0 Å². The van der Waals surface area contributed by atoms with Gasteiger partial charge in [0.05, 0.1) is 12.2 Å². The molecule has 5 heteroatoms. The van der Waals surface area contributed by atoms with E-state index in [-0.39, 0.29) is 11.8 Å². The lowest BCUT2D eigenvalue weighted by Gasteiger charge is -2.15. The highest BCUT2D eigenvalue weighted by molar-refractivity contribution is 5.79. The van der Waals surface area contributed by atoms with Crippen molar-refractivity contribution in [1.82, 2.24) is 20.2 Å². The van der Waals surface area contributed by atoms with E-state index in [1.807, 2.05) is 10.8 Å². The van der Waals surface area contributed by atoms with Gasteiger partial charge in [-0.25, -0.2) is 4.98 Å². The highest BCUT2D eigenvalue weighted by atomic mass is 16.1. The summed E-state index contributed by atoms with van der Waals surface area (Å²) in [4.78, 5) is 15.8. The number of amides is 1. The summed E-state index contributed by atoms with van der Waals surface area (Å²) in [6, 6.07) is 0. The molecular formula is C12H20N4O. The normalized spacial score (nSPS) is 21.4. The Morgan fingerprint density at radius 1 is 1.71 bits per heavy atom. The lowest BCUT2D eigenvalue weighted by Crippen LogP contribution is -2.35. The Morgan fingerprint density at radius 2 is 2.59 bits per heavy atom. The molecule has 0 aliphatic carbocycles. The van der Waals surface area contributed by atoms with Crippen LogP contribution in [0.4, 0.5) is 0 Å². The zero-order chi connectivity index (χ0) is 12.1. The van der Waals surface area contributed by atoms with Crippen molar-refractivity contribution in [2.75, 3.05) is 19.6 Å². The van der Waals surface area contributed by atoms with E-state index < -0.39 is 0 Å². The van der Waals surface area contributed by atoms with Crippen molar-refractivity contribution >= 4 is 5.91 Å². The molecule has 2 unspecified atom stereocenters. The zero-order valence-corrected chi connectivity index (χ0v) is 10.2. The molecule has 0 saturated carbocycles. The number of aromatic nitrogens is 2. The Balaban J connectivity index is 1.68. The van der Waals surface area contributed by atoms with Crippen LogP contribution in [-0.4, -0.2) is 35.1 Å². The summed E-state index contributed by atoms with van der Waals surface area (Å²) in [5, 5.41) is 6.23. The second kappa shape index (κ2) is 5.82. The fraction of sp³-hybridized carbons (Fsp3) is 0.667. The number of hydrogen-bond donors (Lipinski definition) is 2. The Hall–Kier alpha value is -1.36. The summed E-state index contributed by atoms with van der Waals surface area (Å²) in [7, 11) is 0. The number of carbonyl (C=O) groups is 1. The molecule has 1 aliphatic rings. The van der Waals surface area contributed by atoms with Gasteiger partial charge in [0.15, 0.2) is 0 Å². The summed E-state index contributed by atoms with van der Waals surface area (Å²) in [5.74, 6) is 0.769. The molecular weight excluding hydrogens is 216 g/mol. The smallest absolute Gasteiger partial charge is 0.224 e. The van der Waals surface area contributed by atoms with Gasteiger partial charge in [0, 0.05) is 32.0 Å². The quantitative estimate of drug-likeness (QED) is 0.770. The van der Waals surface area contributed by atoms with Gasteiger partial charge in [0.2, 0.25) is 5.91 Å². The van der Waals surface area contributed by atoms with Crippen LogP contribution in [0, 0.1) is 11.8 Å². The molecule has 1 amide bonds. The molecule has 0 aromatic carbocycles. The minimum absolute atomic E-state index is 0.162. The van der Waals surface area contributed by atoms with E-state index in [2.05, 4.69) is 22.5 Å². The molecule has 2 N–H and O–H groups in total. The molecule has 2 heterocycles. The van der Waals surface area contributed by atoms with Gasteiger partial charge >= 0.3 is 0 Å². The van der Waals surface area contributed by atoms with Crippen LogP contribution in [0.2, 0.25) is 0 Å². The van der Waals surface area contributed by atoms with Crippen LogP contribution >= 0.6 is 0 Å². The summed E-state index contributed by atoms with van der Waals surface area (Å²) in [6.07, 6.45) is 6.48. The molecule has 2 atom stereocenters. The summed E-state index contributed by atoms with van der Waals surface area (Å²) >= 11 is 0. The first-order chi connectivity index (χ1) is 8.25. The first-order valence-electron chi connectivity index (χ1n) is 6.20. The Morgan fingerprint density at radius 3 is 3.24 bits per heavy atom. The maximum absolute atomic E-state index is 11.8. The van der Waals surface area contributed by atoms with Crippen LogP contribution in [0.5, 0.6) is 0 Å². The van der Waals surface area contributed by atoms with E-state index in [0.717, 1.165) is 32.6 Å². The molecule has 0 radical (unpaired) electrons. The largest absolute Gasteiger partial charge is 0.355 e. The Bertz CT molecular complexity index is 343. The number of nitrogens with zero attached hydrogens (tertiary/aromatic N) is 2. The standard InChI is InChI=1S/C12H20N4O/c1-10(8-16-5-4-14-9-16)6-15-12(17)11-2-3-13-7-11/h4-5,9-11,13H,2-3,6-8H2,1H3,(H,15,17). The van der Waals surface area contributed by atoms with Gasteiger partial charge in [-0.1, -0.05) is 6.92 Å². The fourth-order valence-electron chi connectivity index (χ4n) is 2.12. The van der Waals surface area contributed by atoms with Gasteiger partial charge in [0.1, 0.15) is 0 Å².